The second kappa shape index (κ2) is 12.9. The molecule has 5 heteroatoms. The highest BCUT2D eigenvalue weighted by atomic mass is 19.1. The van der Waals surface area contributed by atoms with E-state index in [0.29, 0.717) is 18.6 Å². The van der Waals surface area contributed by atoms with Gasteiger partial charge in [-0.05, 0) is 65.9 Å². The van der Waals surface area contributed by atoms with E-state index in [9.17, 15) is 13.6 Å². The zero-order valence-corrected chi connectivity index (χ0v) is 19.9. The van der Waals surface area contributed by atoms with Crippen LogP contribution in [0.2, 0.25) is 0 Å². The molecule has 3 rings (SSSR count). The third kappa shape index (κ3) is 7.14. The number of esters is 1. The van der Waals surface area contributed by atoms with Crippen LogP contribution in [0, 0.1) is 11.6 Å². The van der Waals surface area contributed by atoms with Gasteiger partial charge in [-0.1, -0.05) is 70.2 Å². The van der Waals surface area contributed by atoms with Crippen molar-refractivity contribution in [3.8, 4) is 22.6 Å². The van der Waals surface area contributed by atoms with Gasteiger partial charge >= 0.3 is 5.97 Å². The van der Waals surface area contributed by atoms with Gasteiger partial charge in [0.1, 0.15) is 0 Å². The van der Waals surface area contributed by atoms with Crippen LogP contribution in [0.4, 0.5) is 8.78 Å². The molecule has 0 fully saturated rings. The Hall–Kier alpha value is -3.21. The van der Waals surface area contributed by atoms with E-state index < -0.39 is 17.6 Å². The number of carbonyl (C=O) groups is 1. The third-order valence-electron chi connectivity index (χ3n) is 5.75. The van der Waals surface area contributed by atoms with E-state index in [4.69, 9.17) is 9.47 Å². The minimum atomic E-state index is -0.653. The van der Waals surface area contributed by atoms with E-state index in [0.717, 1.165) is 24.0 Å². The molecule has 0 aliphatic heterocycles. The zero-order chi connectivity index (χ0) is 24.3. The van der Waals surface area contributed by atoms with E-state index in [2.05, 4.69) is 6.92 Å². The highest BCUT2D eigenvalue weighted by Gasteiger charge is 2.13. The highest BCUT2D eigenvalue weighted by molar-refractivity contribution is 5.91. The molecule has 0 unspecified atom stereocenters. The van der Waals surface area contributed by atoms with Gasteiger partial charge in [0.05, 0.1) is 12.2 Å². The summed E-state index contributed by atoms with van der Waals surface area (Å²) >= 11 is 0. The van der Waals surface area contributed by atoms with Crippen molar-refractivity contribution in [2.45, 2.75) is 58.8 Å². The largest absolute Gasteiger partial charge is 0.491 e. The summed E-state index contributed by atoms with van der Waals surface area (Å²) < 4.78 is 39.4. The lowest BCUT2D eigenvalue weighted by Gasteiger charge is -2.10. The zero-order valence-electron chi connectivity index (χ0n) is 19.9. The van der Waals surface area contributed by atoms with Gasteiger partial charge in [-0.2, -0.15) is 0 Å². The van der Waals surface area contributed by atoms with Gasteiger partial charge in [0.2, 0.25) is 0 Å². The molecule has 0 saturated heterocycles. The third-order valence-corrected chi connectivity index (χ3v) is 5.75. The molecule has 0 bridgehead atoms. The van der Waals surface area contributed by atoms with Crippen LogP contribution in [0.1, 0.15) is 68.3 Å². The minimum Gasteiger partial charge on any atom is -0.491 e. The van der Waals surface area contributed by atoms with Crippen molar-refractivity contribution >= 4 is 5.97 Å². The van der Waals surface area contributed by atoms with Gasteiger partial charge in [-0.15, -0.1) is 0 Å². The Morgan fingerprint density at radius 1 is 0.735 bits per heavy atom. The first-order valence-electron chi connectivity index (χ1n) is 12.0. The van der Waals surface area contributed by atoms with Crippen LogP contribution < -0.4 is 9.47 Å². The number of aryl methyl sites for hydroxylation is 1. The van der Waals surface area contributed by atoms with Gasteiger partial charge in [-0.25, -0.2) is 13.6 Å². The average Bonchev–Trinajstić information content (AvgIpc) is 2.85. The minimum absolute atomic E-state index is 0.107. The Balaban J connectivity index is 1.56. The van der Waals surface area contributed by atoms with Crippen LogP contribution >= 0.6 is 0 Å². The van der Waals surface area contributed by atoms with Crippen LogP contribution in [0.5, 0.6) is 11.5 Å². The lowest BCUT2D eigenvalue weighted by molar-refractivity contribution is 0.0728. The number of halogens is 2. The first kappa shape index (κ1) is 25.4. The molecule has 0 N–H and O–H groups in total. The predicted molar refractivity (Wildman–Crippen MR) is 131 cm³/mol. The van der Waals surface area contributed by atoms with Crippen molar-refractivity contribution < 1.29 is 23.0 Å². The van der Waals surface area contributed by atoms with Gasteiger partial charge in [-0.3, -0.25) is 0 Å². The molecular formula is C29H32F2O3. The second-order valence-corrected chi connectivity index (χ2v) is 8.35. The van der Waals surface area contributed by atoms with Crippen molar-refractivity contribution in [1.82, 2.24) is 0 Å². The predicted octanol–water partition coefficient (Wildman–Crippen LogP) is 8.15. The Morgan fingerprint density at radius 3 is 2.06 bits per heavy atom. The van der Waals surface area contributed by atoms with Crippen molar-refractivity contribution in [3.63, 3.8) is 0 Å². The number of ether oxygens (including phenoxy) is 2. The molecule has 3 nitrogen and oxygen atoms in total. The first-order chi connectivity index (χ1) is 16.5. The van der Waals surface area contributed by atoms with E-state index in [1.165, 1.54) is 43.9 Å². The van der Waals surface area contributed by atoms with Gasteiger partial charge in [0.25, 0.3) is 0 Å². The molecular weight excluding hydrogens is 434 g/mol. The van der Waals surface area contributed by atoms with Gasteiger partial charge in [0, 0.05) is 0 Å². The fourth-order valence-corrected chi connectivity index (χ4v) is 3.67. The molecule has 0 aliphatic rings. The summed E-state index contributed by atoms with van der Waals surface area (Å²) in [6, 6.07) is 16.0. The van der Waals surface area contributed by atoms with Crippen LogP contribution in [-0.4, -0.2) is 12.6 Å². The number of unbranched alkanes of at least 4 members (excludes halogenated alkanes) is 5. The maximum atomic E-state index is 14.5. The van der Waals surface area contributed by atoms with Gasteiger partial charge < -0.3 is 9.47 Å². The van der Waals surface area contributed by atoms with Crippen molar-refractivity contribution in [2.75, 3.05) is 6.61 Å². The van der Waals surface area contributed by atoms with E-state index in [1.807, 2.05) is 6.92 Å². The highest BCUT2D eigenvalue weighted by Crippen LogP contribution is 2.27. The molecule has 0 aliphatic carbocycles. The number of rotatable bonds is 12. The number of hydrogen-bond donors (Lipinski definition) is 0. The molecule has 180 valence electrons. The Bertz CT molecular complexity index is 1080. The van der Waals surface area contributed by atoms with E-state index in [1.54, 1.807) is 42.5 Å². The van der Waals surface area contributed by atoms with Crippen LogP contribution in [-0.2, 0) is 6.42 Å². The second-order valence-electron chi connectivity index (χ2n) is 8.35. The Labute approximate surface area is 200 Å². The molecule has 0 heterocycles. The summed E-state index contributed by atoms with van der Waals surface area (Å²) in [5.74, 6) is -1.51. The fraction of sp³-hybridized carbons (Fsp3) is 0.345. The molecule has 0 aromatic heterocycles. The molecule has 34 heavy (non-hydrogen) atoms. The molecule has 0 amide bonds. The molecule has 0 radical (unpaired) electrons. The lowest BCUT2D eigenvalue weighted by atomic mass is 10.0. The maximum absolute atomic E-state index is 14.5. The monoisotopic (exact) mass is 466 g/mol. The number of benzene rings is 3. The number of hydrogen-bond acceptors (Lipinski definition) is 3. The normalized spacial score (nSPS) is 10.8. The Morgan fingerprint density at radius 2 is 1.38 bits per heavy atom. The van der Waals surface area contributed by atoms with Gasteiger partial charge in [0.15, 0.2) is 23.1 Å². The molecule has 3 aromatic rings. The fourth-order valence-electron chi connectivity index (χ4n) is 3.67. The quantitative estimate of drug-likeness (QED) is 0.153. The summed E-state index contributed by atoms with van der Waals surface area (Å²) in [7, 11) is 0. The summed E-state index contributed by atoms with van der Waals surface area (Å²) in [5.41, 5.74) is 2.52. The molecule has 3 aromatic carbocycles. The van der Waals surface area contributed by atoms with Crippen molar-refractivity contribution in [3.05, 3.63) is 83.4 Å². The van der Waals surface area contributed by atoms with Crippen LogP contribution in [0.15, 0.2) is 60.7 Å². The van der Waals surface area contributed by atoms with Crippen LogP contribution in [0.25, 0.3) is 11.1 Å². The summed E-state index contributed by atoms with van der Waals surface area (Å²) in [6.07, 6.45) is 7.58. The number of carbonyl (C=O) groups excluding carboxylic acids is 1. The summed E-state index contributed by atoms with van der Waals surface area (Å²) in [5, 5.41) is 0. The smallest absolute Gasteiger partial charge is 0.343 e. The standard InChI is InChI=1S/C29H32F2O3/c1-3-5-6-7-8-9-18-33-27-17-15-24(20-26(27)31)22-11-13-23(14-12-22)29(32)34-28-16-10-21(4-2)19-25(28)30/h10-17,19-20H,3-9,18H2,1-2H3. The van der Waals surface area contributed by atoms with Crippen LogP contribution in [0.3, 0.4) is 0 Å². The maximum Gasteiger partial charge on any atom is 0.343 e. The lowest BCUT2D eigenvalue weighted by Crippen LogP contribution is -2.09. The van der Waals surface area contributed by atoms with Crippen molar-refractivity contribution in [2.24, 2.45) is 0 Å². The summed E-state index contributed by atoms with van der Waals surface area (Å²) in [4.78, 5) is 12.4. The molecule has 0 spiro atoms. The van der Waals surface area contributed by atoms with E-state index >= 15 is 0 Å². The Kier molecular flexibility index (Phi) is 9.62. The molecule has 0 atom stereocenters. The average molecular weight is 467 g/mol. The first-order valence-corrected chi connectivity index (χ1v) is 12.0. The molecule has 0 saturated carbocycles. The van der Waals surface area contributed by atoms with Crippen molar-refractivity contribution in [1.29, 1.82) is 0 Å². The topological polar surface area (TPSA) is 35.5 Å². The SMILES string of the molecule is CCCCCCCCOc1ccc(-c2ccc(C(=O)Oc3ccc(CC)cc3F)cc2)cc1F. The van der Waals surface area contributed by atoms with E-state index in [-0.39, 0.29) is 17.1 Å². The summed E-state index contributed by atoms with van der Waals surface area (Å²) in [6.45, 7) is 4.61.